The first-order valence-corrected chi connectivity index (χ1v) is 9.07. The van der Waals surface area contributed by atoms with Crippen molar-refractivity contribution in [3.8, 4) is 5.75 Å². The number of nitrogens with one attached hydrogen (secondary N) is 1. The molecule has 0 radical (unpaired) electrons. The van der Waals surface area contributed by atoms with E-state index in [0.717, 1.165) is 12.1 Å². The van der Waals surface area contributed by atoms with Crippen LogP contribution in [0.5, 0.6) is 5.75 Å². The number of hydrogen-bond donors (Lipinski definition) is 1. The lowest BCUT2D eigenvalue weighted by molar-refractivity contribution is -0.485. The number of amides is 1. The molecule has 0 aromatic heterocycles. The van der Waals surface area contributed by atoms with E-state index in [4.69, 9.17) is 4.74 Å². The fourth-order valence-electron chi connectivity index (χ4n) is 3.42. The molecule has 1 N–H and O–H groups in total. The van der Waals surface area contributed by atoms with E-state index in [1.807, 2.05) is 0 Å². The van der Waals surface area contributed by atoms with Crippen molar-refractivity contribution in [3.63, 3.8) is 0 Å². The van der Waals surface area contributed by atoms with E-state index in [2.05, 4.69) is 5.32 Å². The van der Waals surface area contributed by atoms with Gasteiger partial charge in [-0.15, -0.1) is 0 Å². The Balaban J connectivity index is 2.29. The predicted molar refractivity (Wildman–Crippen MR) is 102 cm³/mol. The van der Waals surface area contributed by atoms with E-state index in [1.54, 1.807) is 51.1 Å². The van der Waals surface area contributed by atoms with Gasteiger partial charge in [-0.3, -0.25) is 14.9 Å². The summed E-state index contributed by atoms with van der Waals surface area (Å²) in [6, 6.07) is 11.7. The predicted octanol–water partition coefficient (Wildman–Crippen LogP) is 3.16. The highest BCUT2D eigenvalue weighted by atomic mass is 19.1. The van der Waals surface area contributed by atoms with Gasteiger partial charge in [-0.25, -0.2) is 9.18 Å². The molecule has 1 heterocycles. The lowest BCUT2D eigenvalue weighted by Gasteiger charge is -2.42. The molecule has 2 aromatic rings. The lowest BCUT2D eigenvalue weighted by atomic mass is 9.71. The third-order valence-electron chi connectivity index (χ3n) is 4.95. The number of rotatable bonds is 4. The van der Waals surface area contributed by atoms with Crippen LogP contribution < -0.4 is 10.1 Å². The van der Waals surface area contributed by atoms with Gasteiger partial charge in [0.1, 0.15) is 11.6 Å². The van der Waals surface area contributed by atoms with Crippen molar-refractivity contribution in [2.75, 3.05) is 6.54 Å². The van der Waals surface area contributed by atoms with Crippen LogP contribution in [0.1, 0.15) is 37.8 Å². The van der Waals surface area contributed by atoms with Gasteiger partial charge in [0, 0.05) is 15.9 Å². The smallest absolute Gasteiger partial charge is 0.342 e. The van der Waals surface area contributed by atoms with E-state index in [1.165, 1.54) is 6.07 Å². The van der Waals surface area contributed by atoms with Gasteiger partial charge in [-0.1, -0.05) is 51.1 Å². The number of ether oxygens (including phenoxy) is 1. The number of carbonyl (C=O) groups excluding carboxylic acids is 2. The quantitative estimate of drug-likeness (QED) is 0.368. The second kappa shape index (κ2) is 7.27. The Labute approximate surface area is 167 Å². The average molecular weight is 400 g/mol. The summed E-state index contributed by atoms with van der Waals surface area (Å²) in [5.74, 6) is -3.10. The zero-order valence-electron chi connectivity index (χ0n) is 16.3. The number of nitro groups is 1. The molecule has 1 amide bonds. The van der Waals surface area contributed by atoms with Crippen LogP contribution in [0.2, 0.25) is 0 Å². The molecular formula is C21H21FN2O5. The Kier molecular flexibility index (Phi) is 5.13. The van der Waals surface area contributed by atoms with Crippen molar-refractivity contribution in [2.45, 2.75) is 32.2 Å². The molecule has 0 spiro atoms. The molecule has 1 aliphatic rings. The standard InChI is InChI=1S/C21H21FN2O5/c1-20(2,3)18(25)23-21(13-7-5-4-6-8-13)16(12-24(27)28)15-11-14(22)9-10-17(15)29-19(21)26/h4-11,16H,12H2,1-3H3,(H,23,25)/t16-,21-/m1/s1. The summed E-state index contributed by atoms with van der Waals surface area (Å²) in [6.07, 6.45) is 0. The summed E-state index contributed by atoms with van der Waals surface area (Å²) in [5, 5.41) is 14.2. The minimum Gasteiger partial charge on any atom is -0.424 e. The Morgan fingerprint density at radius 1 is 1.24 bits per heavy atom. The first-order valence-electron chi connectivity index (χ1n) is 9.07. The maximum absolute atomic E-state index is 14.0. The minimum absolute atomic E-state index is 0.0415. The van der Waals surface area contributed by atoms with Crippen LogP contribution in [-0.2, 0) is 15.1 Å². The van der Waals surface area contributed by atoms with E-state index in [0.29, 0.717) is 5.56 Å². The van der Waals surface area contributed by atoms with Gasteiger partial charge < -0.3 is 10.1 Å². The van der Waals surface area contributed by atoms with Gasteiger partial charge in [-0.05, 0) is 23.8 Å². The van der Waals surface area contributed by atoms with Crippen LogP contribution in [0.25, 0.3) is 0 Å². The van der Waals surface area contributed by atoms with Gasteiger partial charge in [-0.2, -0.15) is 0 Å². The number of hydrogen-bond acceptors (Lipinski definition) is 5. The maximum atomic E-state index is 14.0. The molecule has 152 valence electrons. The number of halogens is 1. The van der Waals surface area contributed by atoms with Crippen LogP contribution in [0, 0.1) is 21.3 Å². The third-order valence-corrected chi connectivity index (χ3v) is 4.95. The first-order chi connectivity index (χ1) is 13.6. The second-order valence-electron chi connectivity index (χ2n) is 8.02. The molecule has 7 nitrogen and oxygen atoms in total. The molecule has 0 unspecified atom stereocenters. The summed E-state index contributed by atoms with van der Waals surface area (Å²) in [4.78, 5) is 37.1. The third kappa shape index (κ3) is 3.70. The highest BCUT2D eigenvalue weighted by Crippen LogP contribution is 2.46. The molecule has 29 heavy (non-hydrogen) atoms. The maximum Gasteiger partial charge on any atom is 0.342 e. The lowest BCUT2D eigenvalue weighted by Crippen LogP contribution is -2.62. The molecule has 3 rings (SSSR count). The summed E-state index contributed by atoms with van der Waals surface area (Å²) in [5.41, 5.74) is -2.29. The summed E-state index contributed by atoms with van der Waals surface area (Å²) >= 11 is 0. The Morgan fingerprint density at radius 2 is 1.90 bits per heavy atom. The molecule has 0 saturated heterocycles. The van der Waals surface area contributed by atoms with E-state index < -0.39 is 46.0 Å². The normalized spacial score (nSPS) is 21.1. The number of nitrogens with zero attached hydrogens (tertiary/aromatic N) is 1. The molecule has 0 aliphatic carbocycles. The van der Waals surface area contributed by atoms with Crippen LogP contribution >= 0.6 is 0 Å². The molecule has 2 aromatic carbocycles. The Bertz CT molecular complexity index is 971. The summed E-state index contributed by atoms with van der Waals surface area (Å²) < 4.78 is 19.5. The fourth-order valence-corrected chi connectivity index (χ4v) is 3.42. The van der Waals surface area contributed by atoms with Gasteiger partial charge >= 0.3 is 5.97 Å². The molecule has 0 bridgehead atoms. The highest BCUT2D eigenvalue weighted by molar-refractivity contribution is 5.94. The SMILES string of the molecule is CC(C)(C)C(=O)N[C@@]1(c2ccccc2)C(=O)Oc2ccc(F)cc2[C@H]1C[N+](=O)[O-]. The highest BCUT2D eigenvalue weighted by Gasteiger charge is 2.57. The topological polar surface area (TPSA) is 98.5 Å². The number of carbonyl (C=O) groups is 2. The van der Waals surface area contributed by atoms with E-state index >= 15 is 0 Å². The molecule has 8 heteroatoms. The number of fused-ring (bicyclic) bond motifs is 1. The fraction of sp³-hybridized carbons (Fsp3) is 0.333. The first kappa shape index (κ1) is 20.4. The van der Waals surface area contributed by atoms with Crippen molar-refractivity contribution in [1.82, 2.24) is 5.32 Å². The molecular weight excluding hydrogens is 379 g/mol. The second-order valence-corrected chi connectivity index (χ2v) is 8.02. The van der Waals surface area contributed by atoms with Gasteiger partial charge in [0.2, 0.25) is 12.5 Å². The minimum atomic E-state index is -1.88. The zero-order chi connectivity index (χ0) is 21.4. The van der Waals surface area contributed by atoms with Gasteiger partial charge in [0.05, 0.1) is 5.92 Å². The van der Waals surface area contributed by atoms with Gasteiger partial charge in [0.25, 0.3) is 0 Å². The van der Waals surface area contributed by atoms with Crippen molar-refractivity contribution in [1.29, 1.82) is 0 Å². The van der Waals surface area contributed by atoms with Crippen molar-refractivity contribution in [2.24, 2.45) is 5.41 Å². The van der Waals surface area contributed by atoms with Crippen LogP contribution in [-0.4, -0.2) is 23.3 Å². The van der Waals surface area contributed by atoms with E-state index in [9.17, 15) is 24.1 Å². The summed E-state index contributed by atoms with van der Waals surface area (Å²) in [7, 11) is 0. The molecule has 2 atom stereocenters. The van der Waals surface area contributed by atoms with Crippen molar-refractivity contribution in [3.05, 3.63) is 75.6 Å². The Hall–Kier alpha value is -3.29. The molecule has 0 fully saturated rings. The van der Waals surface area contributed by atoms with Crippen LogP contribution in [0.3, 0.4) is 0 Å². The Morgan fingerprint density at radius 3 is 2.48 bits per heavy atom. The van der Waals surface area contributed by atoms with Crippen LogP contribution in [0.15, 0.2) is 48.5 Å². The molecule has 0 saturated carbocycles. The van der Waals surface area contributed by atoms with Crippen molar-refractivity contribution >= 4 is 11.9 Å². The largest absolute Gasteiger partial charge is 0.424 e. The monoisotopic (exact) mass is 400 g/mol. The zero-order valence-corrected chi connectivity index (χ0v) is 16.3. The summed E-state index contributed by atoms with van der Waals surface area (Å²) in [6.45, 7) is 4.27. The number of esters is 1. The van der Waals surface area contributed by atoms with Crippen LogP contribution in [0.4, 0.5) is 4.39 Å². The van der Waals surface area contributed by atoms with Crippen molar-refractivity contribution < 1.29 is 23.6 Å². The molecule has 1 aliphatic heterocycles. The van der Waals surface area contributed by atoms with Gasteiger partial charge in [0.15, 0.2) is 5.54 Å². The number of benzene rings is 2. The van der Waals surface area contributed by atoms with E-state index in [-0.39, 0.29) is 11.3 Å². The average Bonchev–Trinajstić information content (AvgIpc) is 2.64.